The molecule has 0 fully saturated rings. The van der Waals surface area contributed by atoms with Crippen molar-refractivity contribution < 1.29 is 9.53 Å². The van der Waals surface area contributed by atoms with Crippen molar-refractivity contribution in [2.75, 3.05) is 6.54 Å². The molecule has 0 aliphatic heterocycles. The highest BCUT2D eigenvalue weighted by molar-refractivity contribution is 5.67. The van der Waals surface area contributed by atoms with E-state index in [1.54, 1.807) is 0 Å². The minimum atomic E-state index is -0.304. The van der Waals surface area contributed by atoms with Gasteiger partial charge in [-0.2, -0.15) is 0 Å². The largest absolute Gasteiger partial charge is 0.446 e. The molecule has 0 spiro atoms. The second-order valence-corrected chi connectivity index (χ2v) is 2.37. The minimum Gasteiger partial charge on any atom is -0.446 e. The van der Waals surface area contributed by atoms with Crippen LogP contribution in [0.1, 0.15) is 33.6 Å². The molecule has 0 saturated heterocycles. The third kappa shape index (κ3) is 4.65. The Labute approximate surface area is 68.1 Å². The molecule has 0 aromatic heterocycles. The van der Waals surface area contributed by atoms with Crippen molar-refractivity contribution in [1.82, 2.24) is 5.32 Å². The first-order chi connectivity index (χ1) is 5.24. The van der Waals surface area contributed by atoms with Crippen LogP contribution >= 0.6 is 0 Å². The molecule has 1 N–H and O–H groups in total. The molecule has 0 radical (unpaired) electrons. The van der Waals surface area contributed by atoms with E-state index in [4.69, 9.17) is 4.74 Å². The molecule has 0 aliphatic carbocycles. The Morgan fingerprint density at radius 1 is 1.36 bits per heavy atom. The molecule has 0 aliphatic rings. The van der Waals surface area contributed by atoms with E-state index in [0.29, 0.717) is 6.54 Å². The SMILES string of the molecule is CCNC(=O)OC(CC)CC. The molecule has 66 valence electrons. The van der Waals surface area contributed by atoms with E-state index in [2.05, 4.69) is 5.32 Å². The summed E-state index contributed by atoms with van der Waals surface area (Å²) >= 11 is 0. The van der Waals surface area contributed by atoms with Crippen LogP contribution in [-0.4, -0.2) is 18.7 Å². The monoisotopic (exact) mass is 159 g/mol. The molecule has 0 unspecified atom stereocenters. The van der Waals surface area contributed by atoms with E-state index in [0.717, 1.165) is 12.8 Å². The van der Waals surface area contributed by atoms with Crippen molar-refractivity contribution >= 4 is 6.09 Å². The lowest BCUT2D eigenvalue weighted by Crippen LogP contribution is -2.28. The molecule has 3 nitrogen and oxygen atoms in total. The summed E-state index contributed by atoms with van der Waals surface area (Å²) in [6.07, 6.45) is 1.53. The number of carbonyl (C=O) groups is 1. The topological polar surface area (TPSA) is 38.3 Å². The Bertz CT molecular complexity index is 111. The van der Waals surface area contributed by atoms with Gasteiger partial charge in [0.1, 0.15) is 6.10 Å². The summed E-state index contributed by atoms with van der Waals surface area (Å²) in [6.45, 7) is 6.51. The standard InChI is InChI=1S/C8H17NO2/c1-4-7(5-2)11-8(10)9-6-3/h7H,4-6H2,1-3H3,(H,9,10). The van der Waals surface area contributed by atoms with Crippen LogP contribution in [0, 0.1) is 0 Å². The zero-order valence-corrected chi connectivity index (χ0v) is 7.52. The van der Waals surface area contributed by atoms with Gasteiger partial charge in [-0.05, 0) is 19.8 Å². The average molecular weight is 159 g/mol. The zero-order chi connectivity index (χ0) is 8.69. The molecule has 0 heterocycles. The smallest absolute Gasteiger partial charge is 0.407 e. The maximum atomic E-state index is 10.8. The fourth-order valence-corrected chi connectivity index (χ4v) is 0.793. The Balaban J connectivity index is 3.54. The van der Waals surface area contributed by atoms with Crippen molar-refractivity contribution in [3.8, 4) is 0 Å². The van der Waals surface area contributed by atoms with Crippen LogP contribution in [-0.2, 0) is 4.74 Å². The first-order valence-electron chi connectivity index (χ1n) is 4.19. The normalized spacial score (nSPS) is 9.82. The summed E-state index contributed by atoms with van der Waals surface area (Å²) in [7, 11) is 0. The second kappa shape index (κ2) is 6.01. The summed E-state index contributed by atoms with van der Waals surface area (Å²) < 4.78 is 5.04. The van der Waals surface area contributed by atoms with Crippen LogP contribution in [0.25, 0.3) is 0 Å². The molecular formula is C8H17NO2. The summed E-state index contributed by atoms with van der Waals surface area (Å²) in [6, 6.07) is 0. The van der Waals surface area contributed by atoms with Crippen LogP contribution in [0.4, 0.5) is 4.79 Å². The van der Waals surface area contributed by atoms with Crippen LogP contribution in [0.5, 0.6) is 0 Å². The number of hydrogen-bond acceptors (Lipinski definition) is 2. The fraction of sp³-hybridized carbons (Fsp3) is 0.875. The maximum Gasteiger partial charge on any atom is 0.407 e. The molecule has 0 bridgehead atoms. The molecule has 0 atom stereocenters. The molecule has 0 aromatic rings. The Morgan fingerprint density at radius 3 is 2.27 bits per heavy atom. The predicted molar refractivity (Wildman–Crippen MR) is 44.5 cm³/mol. The Hall–Kier alpha value is -0.730. The molecule has 0 saturated carbocycles. The van der Waals surface area contributed by atoms with Gasteiger partial charge >= 0.3 is 6.09 Å². The molecule has 0 rings (SSSR count). The van der Waals surface area contributed by atoms with Gasteiger partial charge in [0, 0.05) is 6.54 Å². The van der Waals surface area contributed by atoms with Crippen LogP contribution in [0.15, 0.2) is 0 Å². The van der Waals surface area contributed by atoms with Gasteiger partial charge in [-0.15, -0.1) is 0 Å². The van der Waals surface area contributed by atoms with Gasteiger partial charge in [0.25, 0.3) is 0 Å². The van der Waals surface area contributed by atoms with E-state index in [9.17, 15) is 4.79 Å². The van der Waals surface area contributed by atoms with Gasteiger partial charge in [-0.1, -0.05) is 13.8 Å². The van der Waals surface area contributed by atoms with Crippen molar-refractivity contribution in [3.63, 3.8) is 0 Å². The highest BCUT2D eigenvalue weighted by Gasteiger charge is 2.07. The van der Waals surface area contributed by atoms with Crippen molar-refractivity contribution in [1.29, 1.82) is 0 Å². The summed E-state index contributed by atoms with van der Waals surface area (Å²) in [4.78, 5) is 10.8. The molecular weight excluding hydrogens is 142 g/mol. The van der Waals surface area contributed by atoms with E-state index in [1.165, 1.54) is 0 Å². The highest BCUT2D eigenvalue weighted by atomic mass is 16.6. The molecule has 3 heteroatoms. The zero-order valence-electron chi connectivity index (χ0n) is 7.52. The predicted octanol–water partition coefficient (Wildman–Crippen LogP) is 1.92. The number of ether oxygens (including phenoxy) is 1. The van der Waals surface area contributed by atoms with Crippen LogP contribution < -0.4 is 5.32 Å². The first-order valence-corrected chi connectivity index (χ1v) is 4.19. The lowest BCUT2D eigenvalue weighted by molar-refractivity contribution is 0.0934. The average Bonchev–Trinajstić information content (AvgIpc) is 2.01. The third-order valence-corrected chi connectivity index (χ3v) is 1.51. The summed E-state index contributed by atoms with van der Waals surface area (Å²) in [5, 5.41) is 2.58. The van der Waals surface area contributed by atoms with E-state index < -0.39 is 0 Å². The van der Waals surface area contributed by atoms with Gasteiger partial charge in [-0.25, -0.2) is 4.79 Å². The highest BCUT2D eigenvalue weighted by Crippen LogP contribution is 2.01. The third-order valence-electron chi connectivity index (χ3n) is 1.51. The van der Waals surface area contributed by atoms with Gasteiger partial charge in [0.2, 0.25) is 0 Å². The Kier molecular flexibility index (Phi) is 5.61. The second-order valence-electron chi connectivity index (χ2n) is 2.37. The molecule has 1 amide bonds. The minimum absolute atomic E-state index is 0.0709. The number of alkyl carbamates (subject to hydrolysis) is 1. The number of hydrogen-bond donors (Lipinski definition) is 1. The number of carbonyl (C=O) groups excluding carboxylic acids is 1. The van der Waals surface area contributed by atoms with Crippen molar-refractivity contribution in [3.05, 3.63) is 0 Å². The number of rotatable bonds is 4. The lowest BCUT2D eigenvalue weighted by atomic mass is 10.2. The summed E-state index contributed by atoms with van der Waals surface area (Å²) in [5.74, 6) is 0. The van der Waals surface area contributed by atoms with E-state index >= 15 is 0 Å². The van der Waals surface area contributed by atoms with Crippen molar-refractivity contribution in [2.45, 2.75) is 39.7 Å². The number of nitrogens with one attached hydrogen (secondary N) is 1. The van der Waals surface area contributed by atoms with Gasteiger partial charge in [-0.3, -0.25) is 0 Å². The van der Waals surface area contributed by atoms with E-state index in [-0.39, 0.29) is 12.2 Å². The van der Waals surface area contributed by atoms with Gasteiger partial charge in [0.15, 0.2) is 0 Å². The quantitative estimate of drug-likeness (QED) is 0.680. The lowest BCUT2D eigenvalue weighted by Gasteiger charge is -2.13. The summed E-state index contributed by atoms with van der Waals surface area (Å²) in [5.41, 5.74) is 0. The van der Waals surface area contributed by atoms with Crippen molar-refractivity contribution in [2.24, 2.45) is 0 Å². The fourth-order valence-electron chi connectivity index (χ4n) is 0.793. The first kappa shape index (κ1) is 10.3. The number of amides is 1. The maximum absolute atomic E-state index is 10.8. The van der Waals surface area contributed by atoms with E-state index in [1.807, 2.05) is 20.8 Å². The molecule has 0 aromatic carbocycles. The van der Waals surface area contributed by atoms with Crippen LogP contribution in [0.2, 0.25) is 0 Å². The van der Waals surface area contributed by atoms with Crippen LogP contribution in [0.3, 0.4) is 0 Å². The molecule has 11 heavy (non-hydrogen) atoms. The van der Waals surface area contributed by atoms with Gasteiger partial charge in [0.05, 0.1) is 0 Å². The van der Waals surface area contributed by atoms with Gasteiger partial charge < -0.3 is 10.1 Å². The Morgan fingerprint density at radius 2 is 1.91 bits per heavy atom.